The predicted molar refractivity (Wildman–Crippen MR) is 82.6 cm³/mol. The van der Waals surface area contributed by atoms with Gasteiger partial charge in [-0.25, -0.2) is 0 Å². The molecule has 0 heterocycles. The van der Waals surface area contributed by atoms with Crippen LogP contribution in [0.5, 0.6) is 0 Å². The minimum atomic E-state index is -1.46. The van der Waals surface area contributed by atoms with Crippen molar-refractivity contribution in [3.05, 3.63) is 0 Å². The summed E-state index contributed by atoms with van der Waals surface area (Å²) in [5.74, 6) is 0. The maximum atomic E-state index is 5.63. The van der Waals surface area contributed by atoms with Gasteiger partial charge in [0.1, 0.15) is 0 Å². The van der Waals surface area contributed by atoms with E-state index in [0.29, 0.717) is 0 Å². The molecule has 3 nitrogen and oxygen atoms in total. The summed E-state index contributed by atoms with van der Waals surface area (Å²) in [6, 6.07) is 0. The van der Waals surface area contributed by atoms with Gasteiger partial charge in [0.15, 0.2) is 0 Å². The topological polar surface area (TPSA) is 27.7 Å². The molecule has 0 aliphatic carbocycles. The zero-order chi connectivity index (χ0) is 14.8. The first-order chi connectivity index (χ1) is 9.26. The van der Waals surface area contributed by atoms with Crippen molar-refractivity contribution < 1.29 is 28.7 Å². The fourth-order valence-electron chi connectivity index (χ4n) is 1.02. The Morgan fingerprint density at radius 2 is 1.00 bits per heavy atom. The third-order valence-electron chi connectivity index (χ3n) is 2.15. The van der Waals surface area contributed by atoms with Crippen molar-refractivity contribution in [2.24, 2.45) is 0 Å². The van der Waals surface area contributed by atoms with Crippen molar-refractivity contribution in [1.29, 1.82) is 0 Å². The van der Waals surface area contributed by atoms with Crippen molar-refractivity contribution >= 4 is 28.0 Å². The normalized spacial score (nSPS) is 10.0. The Bertz CT molecular complexity index is 135. The van der Waals surface area contributed by atoms with E-state index in [-0.39, 0.29) is 0 Å². The van der Waals surface area contributed by atoms with Gasteiger partial charge in [0.25, 0.3) is 0 Å². The summed E-state index contributed by atoms with van der Waals surface area (Å²) in [6.07, 6.45) is 6.71. The molecule has 0 aliphatic heterocycles. The third kappa shape index (κ3) is 21.9. The van der Waals surface area contributed by atoms with Gasteiger partial charge in [-0.2, -0.15) is 13.6 Å². The minimum absolute atomic E-state index is 0.767. The zero-order valence-electron chi connectivity index (χ0n) is 12.6. The van der Waals surface area contributed by atoms with Gasteiger partial charge in [-0.15, -0.1) is 0 Å². The quantitative estimate of drug-likeness (QED) is 0.242. The molecule has 7 heteroatoms. The molecule has 0 aromatic carbocycles. The van der Waals surface area contributed by atoms with Gasteiger partial charge in [-0.3, -0.25) is 0 Å². The molecule has 0 radical (unpaired) electrons. The van der Waals surface area contributed by atoms with Crippen LogP contribution in [0.4, 0.5) is 0 Å². The summed E-state index contributed by atoms with van der Waals surface area (Å²) >= 11 is -0.931. The standard InChI is InChI=1S/C12H28O3P.2ClH.Zn/c1-4-7-10-13-16(14-11-8-5-2)15-12-9-6-3;;;/h16H,4-12H2,1-3H3;2*1H;/q+1;;;+2/p-2. The summed E-state index contributed by atoms with van der Waals surface area (Å²) in [7, 11) is 8.44. The predicted octanol–water partition coefficient (Wildman–Crippen LogP) is 5.77. The van der Waals surface area contributed by atoms with Crippen LogP contribution in [-0.4, -0.2) is 19.8 Å². The molecule has 0 atom stereocenters. The van der Waals surface area contributed by atoms with E-state index in [9.17, 15) is 0 Å². The average Bonchev–Trinajstić information content (AvgIpc) is 2.40. The first kappa shape index (κ1) is 22.8. The molecule has 0 aromatic heterocycles. The van der Waals surface area contributed by atoms with Crippen LogP contribution >= 0.6 is 28.0 Å². The Labute approximate surface area is 135 Å². The van der Waals surface area contributed by atoms with Crippen LogP contribution in [0, 0.1) is 0 Å². The Hall–Kier alpha value is 1.51. The first-order valence-electron chi connectivity index (χ1n) is 7.13. The van der Waals surface area contributed by atoms with E-state index in [1.165, 1.54) is 0 Å². The second kappa shape index (κ2) is 21.8. The molecule has 0 bridgehead atoms. The van der Waals surface area contributed by atoms with E-state index < -0.39 is 23.7 Å². The van der Waals surface area contributed by atoms with Gasteiger partial charge in [-0.1, -0.05) is 40.0 Å². The Kier molecular flexibility index (Phi) is 26.2. The van der Waals surface area contributed by atoms with Gasteiger partial charge < -0.3 is 0 Å². The number of unbranched alkanes of at least 4 members (excludes halogenated alkanes) is 3. The molecule has 0 N–H and O–H groups in total. The van der Waals surface area contributed by atoms with Crippen LogP contribution in [0.25, 0.3) is 0 Å². The van der Waals surface area contributed by atoms with Crippen LogP contribution in [0.1, 0.15) is 59.3 Å². The molecule has 0 rings (SSSR count). The first-order valence-corrected chi connectivity index (χ1v) is 16.2. The summed E-state index contributed by atoms with van der Waals surface area (Å²) in [6.45, 7) is 8.78. The second-order valence-electron chi connectivity index (χ2n) is 3.96. The third-order valence-corrected chi connectivity index (χ3v) is 3.47. The Balaban J connectivity index is 0. The van der Waals surface area contributed by atoms with Gasteiger partial charge >= 0.3 is 43.1 Å². The number of hydrogen-bond acceptors (Lipinski definition) is 3. The van der Waals surface area contributed by atoms with Crippen molar-refractivity contribution in [3.63, 3.8) is 0 Å². The molecule has 0 aliphatic rings. The van der Waals surface area contributed by atoms with Crippen molar-refractivity contribution in [2.75, 3.05) is 19.8 Å². The van der Waals surface area contributed by atoms with Gasteiger partial charge in [0, 0.05) is 0 Å². The molecule has 0 unspecified atom stereocenters. The van der Waals surface area contributed by atoms with E-state index in [1.54, 1.807) is 0 Å². The van der Waals surface area contributed by atoms with Gasteiger partial charge in [-0.05, 0) is 19.3 Å². The molecule has 114 valence electrons. The number of rotatable bonds is 12. The molecule has 0 saturated heterocycles. The molecule has 0 spiro atoms. The Morgan fingerprint density at radius 3 is 1.21 bits per heavy atom. The Morgan fingerprint density at radius 1 is 0.737 bits per heavy atom. The molecular weight excluding hydrogens is 359 g/mol. The van der Waals surface area contributed by atoms with Crippen molar-refractivity contribution in [1.82, 2.24) is 0 Å². The maximum absolute atomic E-state index is 5.63. The van der Waals surface area contributed by atoms with Crippen LogP contribution < -0.4 is 0 Å². The average molecular weight is 388 g/mol. The fourth-order valence-corrected chi connectivity index (χ4v) is 2.21. The molecule has 0 saturated carbocycles. The molecule has 0 amide bonds. The van der Waals surface area contributed by atoms with Crippen LogP contribution in [-0.2, 0) is 28.7 Å². The molecule has 0 aromatic rings. The number of hydrogen-bond donors (Lipinski definition) is 0. The fraction of sp³-hybridized carbons (Fsp3) is 1.00. The van der Waals surface area contributed by atoms with E-state index in [1.807, 2.05) is 0 Å². The van der Waals surface area contributed by atoms with Crippen LogP contribution in [0.3, 0.4) is 0 Å². The van der Waals surface area contributed by atoms with E-state index in [4.69, 9.17) is 33.0 Å². The summed E-state index contributed by atoms with van der Waals surface area (Å²) in [5, 5.41) is 0. The van der Waals surface area contributed by atoms with Crippen LogP contribution in [0.15, 0.2) is 0 Å². The van der Waals surface area contributed by atoms with Crippen LogP contribution in [0.2, 0.25) is 0 Å². The second-order valence-corrected chi connectivity index (χ2v) is 9.95. The van der Waals surface area contributed by atoms with Crippen molar-refractivity contribution in [2.45, 2.75) is 59.3 Å². The van der Waals surface area contributed by atoms with Gasteiger partial charge in [0.05, 0.1) is 19.8 Å². The van der Waals surface area contributed by atoms with Crippen molar-refractivity contribution in [3.8, 4) is 0 Å². The SMILES string of the molecule is CCCCO[PH+](OCCCC)OCCCC.[Cl][Zn][Cl]. The summed E-state index contributed by atoms with van der Waals surface area (Å²) < 4.78 is 16.9. The summed E-state index contributed by atoms with van der Waals surface area (Å²) in [4.78, 5) is 0. The van der Waals surface area contributed by atoms with E-state index in [0.717, 1.165) is 58.3 Å². The zero-order valence-corrected chi connectivity index (χ0v) is 18.0. The monoisotopic (exact) mass is 385 g/mol. The summed E-state index contributed by atoms with van der Waals surface area (Å²) in [5.41, 5.74) is 0. The number of halogens is 2. The molecule has 0 fully saturated rings. The molecular formula is C12H28Cl2O3PZn+. The molecule has 19 heavy (non-hydrogen) atoms. The van der Waals surface area contributed by atoms with E-state index >= 15 is 0 Å². The van der Waals surface area contributed by atoms with Gasteiger partial charge in [0.2, 0.25) is 0 Å². The van der Waals surface area contributed by atoms with E-state index in [2.05, 4.69) is 20.8 Å².